The van der Waals surface area contributed by atoms with Crippen molar-refractivity contribution < 1.29 is 0 Å². The Morgan fingerprint density at radius 1 is 1.00 bits per heavy atom. The maximum absolute atomic E-state index is 3.60. The lowest BCUT2D eigenvalue weighted by Crippen LogP contribution is -2.16. The molecule has 0 amide bonds. The Hall–Kier alpha value is -1.08. The molecule has 1 heteroatoms. The Morgan fingerprint density at radius 2 is 1.79 bits per heavy atom. The van der Waals surface area contributed by atoms with Gasteiger partial charge in [0.2, 0.25) is 0 Å². The van der Waals surface area contributed by atoms with Crippen LogP contribution in [-0.2, 0) is 6.54 Å². The Morgan fingerprint density at radius 3 is 2.53 bits per heavy atom. The molecule has 0 saturated carbocycles. The first-order valence-corrected chi connectivity index (χ1v) is 7.62. The number of benzene rings is 1. The molecule has 0 unspecified atom stereocenters. The van der Waals surface area contributed by atoms with Crippen LogP contribution in [0.1, 0.15) is 54.4 Å². The van der Waals surface area contributed by atoms with Crippen molar-refractivity contribution in [2.45, 2.75) is 59.4 Å². The van der Waals surface area contributed by atoms with Crippen LogP contribution in [0.25, 0.3) is 0 Å². The number of hydrogen-bond acceptors (Lipinski definition) is 1. The summed E-state index contributed by atoms with van der Waals surface area (Å²) in [4.78, 5) is 0. The molecule has 0 atom stereocenters. The fourth-order valence-corrected chi connectivity index (χ4v) is 2.81. The first kappa shape index (κ1) is 14.3. The Bertz CT molecular complexity index is 457. The van der Waals surface area contributed by atoms with Crippen molar-refractivity contribution in [2.24, 2.45) is 0 Å². The minimum Gasteiger partial charge on any atom is -0.312 e. The quantitative estimate of drug-likeness (QED) is 0.601. The fraction of sp³-hybridized carbons (Fsp3) is 0.556. The van der Waals surface area contributed by atoms with Gasteiger partial charge in [-0.3, -0.25) is 0 Å². The van der Waals surface area contributed by atoms with Crippen molar-refractivity contribution in [3.8, 4) is 0 Å². The lowest BCUT2D eigenvalue weighted by Gasteiger charge is -2.14. The van der Waals surface area contributed by atoms with Gasteiger partial charge in [-0.25, -0.2) is 0 Å². The zero-order chi connectivity index (χ0) is 13.7. The van der Waals surface area contributed by atoms with Crippen molar-refractivity contribution >= 4 is 0 Å². The van der Waals surface area contributed by atoms with E-state index in [0.717, 1.165) is 13.1 Å². The van der Waals surface area contributed by atoms with E-state index in [1.165, 1.54) is 54.4 Å². The molecule has 0 fully saturated rings. The van der Waals surface area contributed by atoms with Gasteiger partial charge in [-0.2, -0.15) is 0 Å². The summed E-state index contributed by atoms with van der Waals surface area (Å²) in [7, 11) is 0. The minimum atomic E-state index is 1.00. The van der Waals surface area contributed by atoms with Crippen LogP contribution in [0.4, 0.5) is 0 Å². The fourth-order valence-electron chi connectivity index (χ4n) is 2.81. The maximum Gasteiger partial charge on any atom is 0.0208 e. The molecular formula is C18H27N. The van der Waals surface area contributed by atoms with E-state index in [1.807, 2.05) is 0 Å². The third-order valence-electron chi connectivity index (χ3n) is 4.28. The third kappa shape index (κ3) is 4.21. The monoisotopic (exact) mass is 257 g/mol. The van der Waals surface area contributed by atoms with E-state index in [0.29, 0.717) is 0 Å². The van der Waals surface area contributed by atoms with Crippen LogP contribution >= 0.6 is 0 Å². The maximum atomic E-state index is 3.60. The summed E-state index contributed by atoms with van der Waals surface area (Å²) in [6.07, 6.45) is 9.08. The molecule has 1 N–H and O–H groups in total. The van der Waals surface area contributed by atoms with Crippen LogP contribution in [-0.4, -0.2) is 6.54 Å². The van der Waals surface area contributed by atoms with E-state index in [1.54, 1.807) is 5.57 Å². The molecule has 0 aromatic heterocycles. The normalized spacial score (nSPS) is 15.4. The molecule has 0 spiro atoms. The number of aryl methyl sites for hydroxylation is 3. The second-order valence-corrected chi connectivity index (χ2v) is 5.90. The van der Waals surface area contributed by atoms with Crippen LogP contribution in [0, 0.1) is 20.8 Å². The highest BCUT2D eigenvalue weighted by atomic mass is 14.8. The van der Waals surface area contributed by atoms with Gasteiger partial charge in [-0.1, -0.05) is 23.8 Å². The summed E-state index contributed by atoms with van der Waals surface area (Å²) in [5, 5.41) is 3.60. The zero-order valence-electron chi connectivity index (χ0n) is 12.7. The molecule has 104 valence electrons. The van der Waals surface area contributed by atoms with Gasteiger partial charge >= 0.3 is 0 Å². The second-order valence-electron chi connectivity index (χ2n) is 5.90. The molecule has 2 rings (SSSR count). The average Bonchev–Trinajstić information content (AvgIpc) is 2.41. The molecule has 1 aromatic carbocycles. The lowest BCUT2D eigenvalue weighted by molar-refractivity contribution is 0.631. The summed E-state index contributed by atoms with van der Waals surface area (Å²) < 4.78 is 0. The molecule has 0 radical (unpaired) electrons. The van der Waals surface area contributed by atoms with Gasteiger partial charge in [0.1, 0.15) is 0 Å². The molecule has 0 heterocycles. The Kier molecular flexibility index (Phi) is 5.21. The predicted molar refractivity (Wildman–Crippen MR) is 83.5 cm³/mol. The first-order valence-electron chi connectivity index (χ1n) is 7.62. The smallest absolute Gasteiger partial charge is 0.0208 e. The predicted octanol–water partition coefficient (Wildman–Crippen LogP) is 4.59. The highest BCUT2D eigenvalue weighted by Gasteiger charge is 2.04. The molecule has 19 heavy (non-hydrogen) atoms. The molecule has 0 aliphatic heterocycles. The van der Waals surface area contributed by atoms with Gasteiger partial charge in [-0.15, -0.1) is 0 Å². The van der Waals surface area contributed by atoms with E-state index in [-0.39, 0.29) is 0 Å². The van der Waals surface area contributed by atoms with Crippen LogP contribution in [0.2, 0.25) is 0 Å². The molecule has 1 aliphatic rings. The van der Waals surface area contributed by atoms with Crippen molar-refractivity contribution in [3.63, 3.8) is 0 Å². The topological polar surface area (TPSA) is 12.0 Å². The van der Waals surface area contributed by atoms with Gasteiger partial charge in [0.25, 0.3) is 0 Å². The van der Waals surface area contributed by atoms with Crippen molar-refractivity contribution in [2.75, 3.05) is 6.54 Å². The van der Waals surface area contributed by atoms with Gasteiger partial charge in [-0.05, 0) is 81.7 Å². The lowest BCUT2D eigenvalue weighted by atomic mass is 9.97. The number of nitrogens with one attached hydrogen (secondary N) is 1. The molecular weight excluding hydrogens is 230 g/mol. The SMILES string of the molecule is Cc1cc(C)c(CNCCC2=CCCCC2)cc1C. The number of hydrogen-bond donors (Lipinski definition) is 1. The molecule has 1 aliphatic carbocycles. The molecule has 0 saturated heterocycles. The summed E-state index contributed by atoms with van der Waals surface area (Å²) in [6.45, 7) is 8.71. The van der Waals surface area contributed by atoms with E-state index in [2.05, 4.69) is 44.3 Å². The van der Waals surface area contributed by atoms with Crippen molar-refractivity contribution in [3.05, 3.63) is 46.0 Å². The van der Waals surface area contributed by atoms with Gasteiger partial charge in [0, 0.05) is 6.54 Å². The summed E-state index contributed by atoms with van der Waals surface area (Å²) in [5.41, 5.74) is 7.31. The Balaban J connectivity index is 1.79. The highest BCUT2D eigenvalue weighted by molar-refractivity contribution is 5.36. The molecule has 0 bridgehead atoms. The van der Waals surface area contributed by atoms with Gasteiger partial charge in [0.15, 0.2) is 0 Å². The number of allylic oxidation sites excluding steroid dienone is 1. The van der Waals surface area contributed by atoms with Crippen LogP contribution in [0.15, 0.2) is 23.8 Å². The van der Waals surface area contributed by atoms with Gasteiger partial charge < -0.3 is 5.32 Å². The second kappa shape index (κ2) is 6.91. The van der Waals surface area contributed by atoms with E-state index in [4.69, 9.17) is 0 Å². The summed E-state index contributed by atoms with van der Waals surface area (Å²) >= 11 is 0. The first-order chi connectivity index (χ1) is 9.16. The van der Waals surface area contributed by atoms with E-state index < -0.39 is 0 Å². The minimum absolute atomic E-state index is 1.00. The van der Waals surface area contributed by atoms with Crippen molar-refractivity contribution in [1.82, 2.24) is 5.32 Å². The standard InChI is InChI=1S/C18H27N/c1-14-11-16(3)18(12-15(14)2)13-19-10-9-17-7-5-4-6-8-17/h7,11-12,19H,4-6,8-10,13H2,1-3H3. The van der Waals surface area contributed by atoms with E-state index >= 15 is 0 Å². The zero-order valence-corrected chi connectivity index (χ0v) is 12.7. The molecule has 1 aromatic rings. The van der Waals surface area contributed by atoms with Crippen LogP contribution in [0.5, 0.6) is 0 Å². The Labute approximate surface area is 118 Å². The van der Waals surface area contributed by atoms with Crippen LogP contribution in [0.3, 0.4) is 0 Å². The van der Waals surface area contributed by atoms with Crippen LogP contribution < -0.4 is 5.32 Å². The third-order valence-corrected chi connectivity index (χ3v) is 4.28. The molecule has 1 nitrogen and oxygen atoms in total. The summed E-state index contributed by atoms with van der Waals surface area (Å²) in [5.74, 6) is 0. The largest absolute Gasteiger partial charge is 0.312 e. The number of rotatable bonds is 5. The average molecular weight is 257 g/mol. The van der Waals surface area contributed by atoms with Crippen molar-refractivity contribution in [1.29, 1.82) is 0 Å². The summed E-state index contributed by atoms with van der Waals surface area (Å²) in [6, 6.07) is 4.63. The van der Waals surface area contributed by atoms with E-state index in [9.17, 15) is 0 Å². The highest BCUT2D eigenvalue weighted by Crippen LogP contribution is 2.19. The van der Waals surface area contributed by atoms with Gasteiger partial charge in [0.05, 0.1) is 0 Å².